The van der Waals surface area contributed by atoms with E-state index in [1.807, 2.05) is 18.2 Å². The fourth-order valence-electron chi connectivity index (χ4n) is 3.22. The minimum Gasteiger partial charge on any atom is -0.481 e. The Labute approximate surface area is 161 Å². The summed E-state index contributed by atoms with van der Waals surface area (Å²) in [5.41, 5.74) is 1.86. The number of imidazole rings is 1. The molecule has 1 aliphatic rings. The average molecular weight is 396 g/mol. The number of fused-ring (bicyclic) bond motifs is 1. The van der Waals surface area contributed by atoms with Gasteiger partial charge in [-0.1, -0.05) is 30.3 Å². The van der Waals surface area contributed by atoms with E-state index in [-0.39, 0.29) is 11.8 Å². The Bertz CT molecular complexity index is 815. The summed E-state index contributed by atoms with van der Waals surface area (Å²) in [7, 11) is 0. The molecule has 3 rings (SSSR count). The van der Waals surface area contributed by atoms with Gasteiger partial charge in [-0.2, -0.15) is 0 Å². The summed E-state index contributed by atoms with van der Waals surface area (Å²) >= 11 is 7.49. The summed E-state index contributed by atoms with van der Waals surface area (Å²) < 4.78 is 2.13. The van der Waals surface area contributed by atoms with Crippen LogP contribution in [0.5, 0.6) is 0 Å². The van der Waals surface area contributed by atoms with Crippen molar-refractivity contribution in [1.29, 1.82) is 0 Å². The zero-order valence-corrected chi connectivity index (χ0v) is 16.2. The van der Waals surface area contributed by atoms with Crippen molar-refractivity contribution in [2.24, 2.45) is 5.92 Å². The van der Waals surface area contributed by atoms with E-state index < -0.39 is 5.97 Å². The highest BCUT2D eigenvalue weighted by Gasteiger charge is 2.27. The lowest BCUT2D eigenvalue weighted by atomic mass is 9.97. The van der Waals surface area contributed by atoms with Gasteiger partial charge < -0.3 is 14.6 Å². The van der Waals surface area contributed by atoms with E-state index in [1.165, 1.54) is 11.8 Å². The highest BCUT2D eigenvalue weighted by atomic mass is 35.5. The average Bonchev–Trinajstić information content (AvgIpc) is 2.96. The molecule has 0 aliphatic carbocycles. The summed E-state index contributed by atoms with van der Waals surface area (Å²) in [4.78, 5) is 29.9. The van der Waals surface area contributed by atoms with Gasteiger partial charge in [-0.3, -0.25) is 9.59 Å². The highest BCUT2D eigenvalue weighted by molar-refractivity contribution is 7.99. The number of aliphatic carboxylic acids is 1. The monoisotopic (exact) mass is 395 g/mol. The number of aryl methyl sites for hydroxylation is 1. The van der Waals surface area contributed by atoms with Crippen molar-refractivity contribution in [3.05, 3.63) is 23.2 Å². The van der Waals surface area contributed by atoms with Crippen molar-refractivity contribution in [2.75, 3.05) is 18.8 Å². The summed E-state index contributed by atoms with van der Waals surface area (Å²) in [5.74, 6) is -0.756. The Morgan fingerprint density at radius 1 is 1.35 bits per heavy atom. The maximum atomic E-state index is 12.5. The molecule has 140 valence electrons. The number of hydrogen-bond acceptors (Lipinski definition) is 4. The molecular formula is C18H22ClN3O3S. The number of benzene rings is 1. The van der Waals surface area contributed by atoms with Gasteiger partial charge in [0.15, 0.2) is 5.16 Å². The van der Waals surface area contributed by atoms with Gasteiger partial charge in [0.05, 0.1) is 22.7 Å². The lowest BCUT2D eigenvalue weighted by Gasteiger charge is -2.30. The fraction of sp³-hybridized carbons (Fsp3) is 0.500. The lowest BCUT2D eigenvalue weighted by molar-refractivity contribution is -0.145. The Kier molecular flexibility index (Phi) is 6.09. The van der Waals surface area contributed by atoms with E-state index in [0.717, 1.165) is 29.2 Å². The molecule has 0 bridgehead atoms. The van der Waals surface area contributed by atoms with Gasteiger partial charge in [0.1, 0.15) is 0 Å². The van der Waals surface area contributed by atoms with Gasteiger partial charge in [-0.05, 0) is 37.5 Å². The van der Waals surface area contributed by atoms with Crippen molar-refractivity contribution >= 4 is 46.3 Å². The number of carbonyl (C=O) groups excluding carboxylic acids is 1. The van der Waals surface area contributed by atoms with Gasteiger partial charge in [-0.15, -0.1) is 0 Å². The number of amides is 1. The molecule has 0 saturated carbocycles. The molecule has 8 heteroatoms. The normalized spacial score (nSPS) is 15.5. The zero-order valence-electron chi connectivity index (χ0n) is 14.7. The Morgan fingerprint density at radius 2 is 2.08 bits per heavy atom. The fourth-order valence-corrected chi connectivity index (χ4v) is 4.33. The van der Waals surface area contributed by atoms with E-state index in [0.29, 0.717) is 36.7 Å². The number of piperidine rings is 1. The first-order valence-electron chi connectivity index (χ1n) is 8.78. The number of carbonyl (C=O) groups is 2. The molecular weight excluding hydrogens is 374 g/mol. The van der Waals surface area contributed by atoms with Crippen molar-refractivity contribution in [3.63, 3.8) is 0 Å². The highest BCUT2D eigenvalue weighted by Crippen LogP contribution is 2.27. The number of carboxylic acids is 1. The van der Waals surface area contributed by atoms with E-state index >= 15 is 0 Å². The van der Waals surface area contributed by atoms with Crippen LogP contribution in [0, 0.1) is 5.92 Å². The standard InChI is InChI=1S/C18H22ClN3O3S/c1-2-7-22-15-4-3-13(19)10-14(15)20-18(22)26-11-16(23)21-8-5-12(6-9-21)17(24)25/h3-4,10,12H,2,5-9,11H2,1H3,(H,24,25). The molecule has 26 heavy (non-hydrogen) atoms. The van der Waals surface area contributed by atoms with Crippen LogP contribution in [0.2, 0.25) is 5.02 Å². The molecule has 2 aromatic rings. The van der Waals surface area contributed by atoms with E-state index in [9.17, 15) is 9.59 Å². The van der Waals surface area contributed by atoms with Gasteiger partial charge in [0.2, 0.25) is 5.91 Å². The minimum atomic E-state index is -0.765. The predicted molar refractivity (Wildman–Crippen MR) is 103 cm³/mol. The summed E-state index contributed by atoms with van der Waals surface area (Å²) in [6, 6.07) is 5.65. The third kappa shape index (κ3) is 4.15. The van der Waals surface area contributed by atoms with Crippen molar-refractivity contribution in [1.82, 2.24) is 14.5 Å². The van der Waals surface area contributed by atoms with Gasteiger partial charge in [0.25, 0.3) is 0 Å². The number of carboxylic acid groups (broad SMARTS) is 1. The number of nitrogens with zero attached hydrogens (tertiary/aromatic N) is 3. The van der Waals surface area contributed by atoms with E-state index in [4.69, 9.17) is 16.7 Å². The first-order valence-corrected chi connectivity index (χ1v) is 10.1. The summed E-state index contributed by atoms with van der Waals surface area (Å²) in [6.45, 7) is 3.96. The molecule has 1 amide bonds. The number of hydrogen-bond donors (Lipinski definition) is 1. The molecule has 6 nitrogen and oxygen atoms in total. The van der Waals surface area contributed by atoms with Crippen LogP contribution in [0.25, 0.3) is 11.0 Å². The van der Waals surface area contributed by atoms with Crippen LogP contribution < -0.4 is 0 Å². The van der Waals surface area contributed by atoms with Gasteiger partial charge >= 0.3 is 5.97 Å². The first-order chi connectivity index (χ1) is 12.5. The predicted octanol–water partition coefficient (Wildman–Crippen LogP) is 3.52. The van der Waals surface area contributed by atoms with Crippen LogP contribution >= 0.6 is 23.4 Å². The number of aromatic nitrogens is 2. The molecule has 0 spiro atoms. The first kappa shape index (κ1) is 19.0. The molecule has 1 saturated heterocycles. The SMILES string of the molecule is CCCn1c(SCC(=O)N2CCC(C(=O)O)CC2)nc2cc(Cl)ccc21. The maximum absolute atomic E-state index is 12.5. The van der Waals surface area contributed by atoms with Crippen LogP contribution in [-0.4, -0.2) is 50.3 Å². The van der Waals surface area contributed by atoms with Crippen LogP contribution in [0.1, 0.15) is 26.2 Å². The van der Waals surface area contributed by atoms with Gasteiger partial charge in [-0.25, -0.2) is 4.98 Å². The minimum absolute atomic E-state index is 0.0342. The third-order valence-electron chi connectivity index (χ3n) is 4.64. The molecule has 0 atom stereocenters. The largest absolute Gasteiger partial charge is 0.481 e. The molecule has 1 aromatic heterocycles. The molecule has 1 aliphatic heterocycles. The Balaban J connectivity index is 1.66. The van der Waals surface area contributed by atoms with Crippen molar-refractivity contribution in [3.8, 4) is 0 Å². The molecule has 1 fully saturated rings. The Hall–Kier alpha value is -1.73. The second-order valence-corrected chi connectivity index (χ2v) is 7.84. The van der Waals surface area contributed by atoms with Crippen LogP contribution in [0.15, 0.2) is 23.4 Å². The second kappa shape index (κ2) is 8.31. The van der Waals surface area contributed by atoms with E-state index in [2.05, 4.69) is 16.5 Å². The smallest absolute Gasteiger partial charge is 0.306 e. The van der Waals surface area contributed by atoms with Crippen molar-refractivity contribution < 1.29 is 14.7 Å². The van der Waals surface area contributed by atoms with Crippen LogP contribution in [0.4, 0.5) is 0 Å². The number of halogens is 1. The topological polar surface area (TPSA) is 75.4 Å². The molecule has 0 unspecified atom stereocenters. The third-order valence-corrected chi connectivity index (χ3v) is 5.84. The van der Waals surface area contributed by atoms with Crippen LogP contribution in [0.3, 0.4) is 0 Å². The van der Waals surface area contributed by atoms with Crippen molar-refractivity contribution in [2.45, 2.75) is 37.9 Å². The molecule has 2 heterocycles. The van der Waals surface area contributed by atoms with Crippen LogP contribution in [-0.2, 0) is 16.1 Å². The molecule has 1 N–H and O–H groups in total. The zero-order chi connectivity index (χ0) is 18.7. The second-order valence-electron chi connectivity index (χ2n) is 6.46. The Morgan fingerprint density at radius 3 is 2.73 bits per heavy atom. The van der Waals surface area contributed by atoms with E-state index in [1.54, 1.807) is 4.90 Å². The quantitative estimate of drug-likeness (QED) is 0.757. The summed E-state index contributed by atoms with van der Waals surface area (Å²) in [6.07, 6.45) is 2.02. The number of rotatable bonds is 6. The number of likely N-dealkylation sites (tertiary alicyclic amines) is 1. The summed E-state index contributed by atoms with van der Waals surface area (Å²) in [5, 5.41) is 10.5. The molecule has 1 aromatic carbocycles. The van der Waals surface area contributed by atoms with Gasteiger partial charge in [0, 0.05) is 24.7 Å². The maximum Gasteiger partial charge on any atom is 0.306 e. The molecule has 0 radical (unpaired) electrons. The lowest BCUT2D eigenvalue weighted by Crippen LogP contribution is -2.41. The number of thioether (sulfide) groups is 1.